The lowest BCUT2D eigenvalue weighted by Gasteiger charge is -2.39. The van der Waals surface area contributed by atoms with E-state index in [1.807, 2.05) is 12.1 Å². The van der Waals surface area contributed by atoms with Gasteiger partial charge >= 0.3 is 0 Å². The van der Waals surface area contributed by atoms with Gasteiger partial charge in [-0.3, -0.25) is 0 Å². The minimum Gasteiger partial charge on any atom is -0.508 e. The maximum atomic E-state index is 9.01. The van der Waals surface area contributed by atoms with Crippen molar-refractivity contribution < 1.29 is 14.6 Å². The van der Waals surface area contributed by atoms with E-state index < -0.39 is 0 Å². The van der Waals surface area contributed by atoms with Gasteiger partial charge in [-0.1, -0.05) is 90.1 Å². The molecule has 3 heteroatoms. The van der Waals surface area contributed by atoms with Crippen molar-refractivity contribution in [1.29, 1.82) is 0 Å². The van der Waals surface area contributed by atoms with Crippen molar-refractivity contribution in [3.05, 3.63) is 95.1 Å². The summed E-state index contributed by atoms with van der Waals surface area (Å²) in [5, 5.41) is 9.01. The number of aromatic hydroxyl groups is 1. The molecule has 3 aromatic rings. The third kappa shape index (κ3) is 7.52. The van der Waals surface area contributed by atoms with Crippen molar-refractivity contribution in [2.24, 2.45) is 41.4 Å². The zero-order chi connectivity index (χ0) is 33.9. The Balaban J connectivity index is 0.000000150. The summed E-state index contributed by atoms with van der Waals surface area (Å²) < 4.78 is 12.5. The molecule has 1 N–H and O–H groups in total. The van der Waals surface area contributed by atoms with Crippen LogP contribution in [0, 0.1) is 41.4 Å². The highest BCUT2D eigenvalue weighted by molar-refractivity contribution is 5.35. The van der Waals surface area contributed by atoms with E-state index in [0.29, 0.717) is 23.7 Å². The Labute approximate surface area is 291 Å². The first-order valence-electron chi connectivity index (χ1n) is 19.4. The van der Waals surface area contributed by atoms with Gasteiger partial charge in [0.25, 0.3) is 0 Å². The van der Waals surface area contributed by atoms with Crippen LogP contribution in [-0.4, -0.2) is 17.5 Å². The third-order valence-electron chi connectivity index (χ3n) is 13.4. The molecule has 48 heavy (non-hydrogen) atoms. The summed E-state index contributed by atoms with van der Waals surface area (Å²) >= 11 is 0. The van der Waals surface area contributed by atoms with Crippen molar-refractivity contribution in [3.8, 4) is 11.5 Å². The average Bonchev–Trinajstić information content (AvgIpc) is 3.93. The molecule has 260 valence electrons. The van der Waals surface area contributed by atoms with Crippen molar-refractivity contribution in [3.63, 3.8) is 0 Å². The number of fused-ring (bicyclic) bond motifs is 10. The summed E-state index contributed by atoms with van der Waals surface area (Å²) in [7, 11) is 0. The van der Waals surface area contributed by atoms with Gasteiger partial charge in [0, 0.05) is 0 Å². The van der Waals surface area contributed by atoms with Crippen LogP contribution in [0.1, 0.15) is 133 Å². The van der Waals surface area contributed by atoms with Gasteiger partial charge in [-0.15, -0.1) is 0 Å². The fourth-order valence-corrected chi connectivity index (χ4v) is 10.3. The molecule has 12 unspecified atom stereocenters. The molecule has 0 spiro atoms. The van der Waals surface area contributed by atoms with E-state index in [2.05, 4.69) is 97.0 Å². The van der Waals surface area contributed by atoms with Gasteiger partial charge in [0.1, 0.15) is 11.5 Å². The fourth-order valence-electron chi connectivity index (χ4n) is 10.3. The SMILES string of the molecule is CC1Cc2ccccc2C1C.CCC(C)c1ccc(O)cc1.CCC(C)c1ccc(OC(C)OC2CC3CC2C2C4CCC(C4)C32)cc1. The smallest absolute Gasteiger partial charge is 0.197 e. The zero-order valence-corrected chi connectivity index (χ0v) is 30.8. The zero-order valence-electron chi connectivity index (χ0n) is 30.8. The van der Waals surface area contributed by atoms with E-state index in [0.717, 1.165) is 59.5 Å². The Morgan fingerprint density at radius 1 is 0.708 bits per heavy atom. The summed E-state index contributed by atoms with van der Waals surface area (Å²) in [6.07, 6.45) is 11.2. The first-order valence-corrected chi connectivity index (χ1v) is 19.4. The molecule has 3 aromatic carbocycles. The van der Waals surface area contributed by atoms with Crippen LogP contribution in [0.5, 0.6) is 11.5 Å². The van der Waals surface area contributed by atoms with Crippen LogP contribution >= 0.6 is 0 Å². The molecule has 5 aliphatic rings. The second-order valence-electron chi connectivity index (χ2n) is 16.2. The molecule has 12 atom stereocenters. The molecule has 0 saturated heterocycles. The second-order valence-corrected chi connectivity index (χ2v) is 16.2. The summed E-state index contributed by atoms with van der Waals surface area (Å²) in [6, 6.07) is 24.9. The Kier molecular flexibility index (Phi) is 11.3. The Hall–Kier alpha value is -2.78. The molecule has 0 radical (unpaired) electrons. The number of hydrogen-bond acceptors (Lipinski definition) is 3. The van der Waals surface area contributed by atoms with E-state index in [1.54, 1.807) is 23.3 Å². The summed E-state index contributed by atoms with van der Waals surface area (Å²) in [4.78, 5) is 0. The van der Waals surface area contributed by atoms with Crippen molar-refractivity contribution >= 4 is 0 Å². The average molecular weight is 651 g/mol. The maximum Gasteiger partial charge on any atom is 0.197 e. The molecule has 0 amide bonds. The largest absolute Gasteiger partial charge is 0.508 e. The molecule has 8 rings (SSSR count). The van der Waals surface area contributed by atoms with Gasteiger partial charge in [-0.25, -0.2) is 0 Å². The Morgan fingerprint density at radius 2 is 1.31 bits per heavy atom. The minimum atomic E-state index is -0.147. The second kappa shape index (κ2) is 15.4. The highest BCUT2D eigenvalue weighted by atomic mass is 16.7. The monoisotopic (exact) mass is 650 g/mol. The normalized spacial score (nSPS) is 32.3. The lowest BCUT2D eigenvalue weighted by Crippen LogP contribution is -2.38. The molecule has 3 nitrogen and oxygen atoms in total. The van der Waals surface area contributed by atoms with Crippen LogP contribution in [0.2, 0.25) is 0 Å². The van der Waals surface area contributed by atoms with E-state index in [4.69, 9.17) is 14.6 Å². The van der Waals surface area contributed by atoms with Crippen molar-refractivity contribution in [2.75, 3.05) is 0 Å². The van der Waals surface area contributed by atoms with Gasteiger partial charge in [-0.2, -0.15) is 0 Å². The maximum absolute atomic E-state index is 9.01. The van der Waals surface area contributed by atoms with Crippen LogP contribution in [-0.2, 0) is 11.2 Å². The van der Waals surface area contributed by atoms with Gasteiger partial charge in [-0.05, 0) is 164 Å². The van der Waals surface area contributed by atoms with Crippen molar-refractivity contribution in [1.82, 2.24) is 0 Å². The Bertz CT molecular complexity index is 1450. The van der Waals surface area contributed by atoms with Crippen molar-refractivity contribution in [2.45, 2.75) is 130 Å². The molecule has 0 aromatic heterocycles. The van der Waals surface area contributed by atoms with Crippen LogP contribution < -0.4 is 4.74 Å². The number of phenolic OH excluding ortho intramolecular Hbond substituents is 1. The standard InChI is InChI=1S/C24H34O2.C11H14.C10H14O/c1-4-14(2)16-7-9-20(10-8-16)25-15(3)26-22-13-19-12-21(22)24-18-6-5-17(11-18)23(19)24;1-8-7-10-5-3-4-6-11(10)9(8)2;1-3-8(2)9-4-6-10(11)7-5-9/h7-10,14-15,17-19,21-24H,4-6,11-13H2,1-3H3;3-6,8-9H,7H2,1-2H3;4-8,11H,3H2,1-2H3. The van der Waals surface area contributed by atoms with Crippen LogP contribution in [0.3, 0.4) is 0 Å². The summed E-state index contributed by atoms with van der Waals surface area (Å²) in [6.45, 7) is 15.6. The fraction of sp³-hybridized carbons (Fsp3) is 0.600. The molecular weight excluding hydrogens is 588 g/mol. The first kappa shape index (κ1) is 35.1. The quantitative estimate of drug-likeness (QED) is 0.195. The van der Waals surface area contributed by atoms with E-state index in [1.165, 1.54) is 56.1 Å². The number of ether oxygens (including phenoxy) is 2. The van der Waals surface area contributed by atoms with Gasteiger partial charge in [0.2, 0.25) is 0 Å². The predicted octanol–water partition coefficient (Wildman–Crippen LogP) is 11.9. The summed E-state index contributed by atoms with van der Waals surface area (Å²) in [5.74, 6) is 10.0. The van der Waals surface area contributed by atoms with Gasteiger partial charge in [0.05, 0.1) is 6.10 Å². The molecule has 4 fully saturated rings. The molecule has 4 bridgehead atoms. The lowest BCUT2D eigenvalue weighted by molar-refractivity contribution is -0.137. The van der Waals surface area contributed by atoms with Crippen LogP contribution in [0.15, 0.2) is 72.8 Å². The van der Waals surface area contributed by atoms with E-state index >= 15 is 0 Å². The van der Waals surface area contributed by atoms with Crippen LogP contribution in [0.4, 0.5) is 0 Å². The number of rotatable bonds is 8. The number of phenols is 1. The Morgan fingerprint density at radius 3 is 1.94 bits per heavy atom. The highest BCUT2D eigenvalue weighted by Gasteiger charge is 2.62. The number of hydrogen-bond donors (Lipinski definition) is 1. The van der Waals surface area contributed by atoms with Gasteiger partial charge < -0.3 is 14.6 Å². The molecule has 0 aliphatic heterocycles. The van der Waals surface area contributed by atoms with E-state index in [-0.39, 0.29) is 6.29 Å². The lowest BCUT2D eigenvalue weighted by atomic mass is 9.70. The predicted molar refractivity (Wildman–Crippen MR) is 199 cm³/mol. The third-order valence-corrected chi connectivity index (χ3v) is 13.4. The molecule has 5 aliphatic carbocycles. The van der Waals surface area contributed by atoms with Gasteiger partial charge in [0.15, 0.2) is 6.29 Å². The topological polar surface area (TPSA) is 38.7 Å². The number of benzene rings is 3. The van der Waals surface area contributed by atoms with Crippen LogP contribution in [0.25, 0.3) is 0 Å². The highest BCUT2D eigenvalue weighted by Crippen LogP contribution is 2.67. The first-order chi connectivity index (χ1) is 23.2. The molecule has 0 heterocycles. The summed E-state index contributed by atoms with van der Waals surface area (Å²) in [5.41, 5.74) is 5.82. The molecular formula is C45H62O3. The molecule has 4 saturated carbocycles. The van der Waals surface area contributed by atoms with E-state index in [9.17, 15) is 0 Å². The minimum absolute atomic E-state index is 0.147.